The van der Waals surface area contributed by atoms with E-state index in [1.54, 1.807) is 0 Å². The van der Waals surface area contributed by atoms with Crippen LogP contribution in [0.3, 0.4) is 0 Å². The van der Waals surface area contributed by atoms with Crippen molar-refractivity contribution in [2.45, 2.75) is 24.7 Å². The Morgan fingerprint density at radius 2 is 2.12 bits per heavy atom. The second kappa shape index (κ2) is 4.35. The van der Waals surface area contributed by atoms with Crippen LogP contribution in [0.5, 0.6) is 0 Å². The molecule has 0 aliphatic carbocycles. The summed E-state index contributed by atoms with van der Waals surface area (Å²) in [5.41, 5.74) is -0.441. The van der Waals surface area contributed by atoms with E-state index in [1.165, 1.54) is 6.08 Å². The summed E-state index contributed by atoms with van der Waals surface area (Å²) < 4.78 is 37.1. The molecule has 0 spiro atoms. The third kappa shape index (κ3) is 2.39. The molecular weight excluding hydrogens is 221 g/mol. The van der Waals surface area contributed by atoms with Crippen LogP contribution in [0, 0.1) is 0 Å². The quantitative estimate of drug-likeness (QED) is 0.651. The number of rotatable bonds is 1. The molecule has 1 fully saturated rings. The number of aliphatic hydroxyl groups is 1. The van der Waals surface area contributed by atoms with Crippen molar-refractivity contribution in [3.63, 3.8) is 0 Å². The molecule has 0 saturated carbocycles. The smallest absolute Gasteiger partial charge is 0.390 e. The van der Waals surface area contributed by atoms with Crippen LogP contribution in [0.1, 0.15) is 6.42 Å². The Bertz CT molecular complexity index is 290. The Labute approximate surface area is 91.9 Å². The van der Waals surface area contributed by atoms with Crippen LogP contribution in [-0.2, 0) is 0 Å². The molecular formula is C10H15F3N2O. The monoisotopic (exact) mass is 236 g/mol. The molecule has 0 radical (unpaired) electrons. The molecule has 0 bridgehead atoms. The molecule has 2 aliphatic heterocycles. The summed E-state index contributed by atoms with van der Waals surface area (Å²) in [5.74, 6) is 0. The highest BCUT2D eigenvalue weighted by atomic mass is 19.4. The number of halogens is 3. The second-order valence-electron chi connectivity index (χ2n) is 4.27. The fraction of sp³-hybridized carbons (Fsp3) is 0.800. The zero-order chi connectivity index (χ0) is 11.8. The molecule has 2 rings (SSSR count). The van der Waals surface area contributed by atoms with E-state index in [4.69, 9.17) is 0 Å². The Kier molecular flexibility index (Phi) is 3.23. The van der Waals surface area contributed by atoms with Gasteiger partial charge in [0.15, 0.2) is 0 Å². The fourth-order valence-electron chi connectivity index (χ4n) is 2.27. The van der Waals surface area contributed by atoms with Crippen molar-refractivity contribution in [3.8, 4) is 0 Å². The Morgan fingerprint density at radius 3 is 2.56 bits per heavy atom. The first kappa shape index (κ1) is 11.9. The third-order valence-electron chi connectivity index (χ3n) is 3.22. The van der Waals surface area contributed by atoms with Crippen LogP contribution in [0.4, 0.5) is 13.2 Å². The van der Waals surface area contributed by atoms with Crippen LogP contribution >= 0.6 is 0 Å². The summed E-state index contributed by atoms with van der Waals surface area (Å²) in [6, 6.07) is -0.0500. The van der Waals surface area contributed by atoms with Gasteiger partial charge in [0.1, 0.15) is 0 Å². The van der Waals surface area contributed by atoms with Gasteiger partial charge >= 0.3 is 6.18 Å². The molecule has 2 atom stereocenters. The molecule has 3 nitrogen and oxygen atoms in total. The first-order valence-electron chi connectivity index (χ1n) is 5.37. The average Bonchev–Trinajstić information content (AvgIpc) is 2.63. The maximum atomic E-state index is 12.4. The van der Waals surface area contributed by atoms with Gasteiger partial charge in [-0.05, 0) is 6.42 Å². The van der Waals surface area contributed by atoms with Crippen LogP contribution in [0.2, 0.25) is 0 Å². The van der Waals surface area contributed by atoms with Crippen molar-refractivity contribution in [2.75, 3.05) is 26.2 Å². The van der Waals surface area contributed by atoms with Gasteiger partial charge in [-0.3, -0.25) is 4.90 Å². The van der Waals surface area contributed by atoms with Crippen LogP contribution in [0.25, 0.3) is 0 Å². The highest BCUT2D eigenvalue weighted by molar-refractivity contribution is 5.14. The van der Waals surface area contributed by atoms with Gasteiger partial charge in [-0.25, -0.2) is 0 Å². The Morgan fingerprint density at radius 1 is 1.38 bits per heavy atom. The van der Waals surface area contributed by atoms with Crippen molar-refractivity contribution >= 4 is 0 Å². The molecule has 92 valence electrons. The molecule has 2 N–H and O–H groups in total. The number of aliphatic hydroxyl groups excluding tert-OH is 1. The minimum Gasteiger partial charge on any atom is -0.390 e. The zero-order valence-corrected chi connectivity index (χ0v) is 8.80. The Hall–Kier alpha value is -0.590. The highest BCUT2D eigenvalue weighted by Gasteiger charge is 2.37. The molecule has 2 unspecified atom stereocenters. The largest absolute Gasteiger partial charge is 0.412 e. The first-order valence-corrected chi connectivity index (χ1v) is 5.37. The predicted molar refractivity (Wildman–Crippen MR) is 53.0 cm³/mol. The highest BCUT2D eigenvalue weighted by Crippen LogP contribution is 2.30. The molecule has 2 heterocycles. The van der Waals surface area contributed by atoms with Gasteiger partial charge < -0.3 is 10.4 Å². The minimum atomic E-state index is -4.20. The maximum Gasteiger partial charge on any atom is 0.412 e. The summed E-state index contributed by atoms with van der Waals surface area (Å²) in [6.45, 7) is 1.82. The van der Waals surface area contributed by atoms with E-state index in [1.807, 2.05) is 4.90 Å². The molecule has 16 heavy (non-hydrogen) atoms. The van der Waals surface area contributed by atoms with Gasteiger partial charge in [-0.2, -0.15) is 13.2 Å². The molecule has 0 amide bonds. The molecule has 0 aromatic rings. The van der Waals surface area contributed by atoms with E-state index in [-0.39, 0.29) is 19.0 Å². The van der Waals surface area contributed by atoms with Gasteiger partial charge in [0.2, 0.25) is 0 Å². The number of alkyl halides is 3. The van der Waals surface area contributed by atoms with Gasteiger partial charge in [0.25, 0.3) is 0 Å². The normalized spacial score (nSPS) is 32.9. The lowest BCUT2D eigenvalue weighted by atomic mass is 10.0. The average molecular weight is 236 g/mol. The number of hydrogen-bond donors (Lipinski definition) is 2. The second-order valence-corrected chi connectivity index (χ2v) is 4.27. The lowest BCUT2D eigenvalue weighted by Gasteiger charge is -2.33. The van der Waals surface area contributed by atoms with Gasteiger partial charge in [-0.1, -0.05) is 6.08 Å². The van der Waals surface area contributed by atoms with E-state index in [2.05, 4.69) is 5.32 Å². The van der Waals surface area contributed by atoms with Gasteiger partial charge in [0.05, 0.1) is 6.10 Å². The van der Waals surface area contributed by atoms with Crippen molar-refractivity contribution < 1.29 is 18.3 Å². The topological polar surface area (TPSA) is 35.5 Å². The number of β-amino-alcohol motifs (C(OH)–C–C–N with tert-alkyl or cyclic N) is 1. The van der Waals surface area contributed by atoms with Crippen molar-refractivity contribution in [2.24, 2.45) is 0 Å². The van der Waals surface area contributed by atoms with E-state index in [0.717, 1.165) is 0 Å². The summed E-state index contributed by atoms with van der Waals surface area (Å²) in [6.07, 6.45) is -3.42. The van der Waals surface area contributed by atoms with Crippen molar-refractivity contribution in [3.05, 3.63) is 11.6 Å². The van der Waals surface area contributed by atoms with Gasteiger partial charge in [0, 0.05) is 37.8 Å². The van der Waals surface area contributed by atoms with Gasteiger partial charge in [-0.15, -0.1) is 0 Å². The summed E-state index contributed by atoms with van der Waals surface area (Å²) in [5, 5.41) is 12.6. The van der Waals surface area contributed by atoms with E-state index in [0.29, 0.717) is 19.6 Å². The third-order valence-corrected chi connectivity index (χ3v) is 3.22. The van der Waals surface area contributed by atoms with E-state index >= 15 is 0 Å². The van der Waals surface area contributed by atoms with Crippen molar-refractivity contribution in [1.29, 1.82) is 0 Å². The minimum absolute atomic E-state index is 0.0206. The number of nitrogens with one attached hydrogen (secondary N) is 1. The van der Waals surface area contributed by atoms with Crippen LogP contribution in [0.15, 0.2) is 11.6 Å². The summed E-state index contributed by atoms with van der Waals surface area (Å²) >= 11 is 0. The number of nitrogens with zero attached hydrogens (tertiary/aromatic N) is 1. The first-order chi connectivity index (χ1) is 7.48. The Balaban J connectivity index is 1.96. The van der Waals surface area contributed by atoms with Crippen LogP contribution in [-0.4, -0.2) is 54.5 Å². The molecule has 1 saturated heterocycles. The summed E-state index contributed by atoms with van der Waals surface area (Å²) in [7, 11) is 0. The summed E-state index contributed by atoms with van der Waals surface area (Å²) in [4.78, 5) is 1.90. The SMILES string of the molecule is OC1CNCC1N1CC=C(C(F)(F)F)CC1. The molecule has 0 aromatic carbocycles. The molecule has 2 aliphatic rings. The number of hydrogen-bond acceptors (Lipinski definition) is 3. The van der Waals surface area contributed by atoms with E-state index in [9.17, 15) is 18.3 Å². The molecule has 6 heteroatoms. The molecule has 0 aromatic heterocycles. The zero-order valence-electron chi connectivity index (χ0n) is 8.80. The van der Waals surface area contributed by atoms with E-state index < -0.39 is 17.9 Å². The predicted octanol–water partition coefficient (Wildman–Crippen LogP) is 0.513. The lowest BCUT2D eigenvalue weighted by Crippen LogP contribution is -2.46. The fourth-order valence-corrected chi connectivity index (χ4v) is 2.27. The standard InChI is InChI=1S/C10H15F3N2O/c11-10(12,13)7-1-3-15(4-2-7)8-5-14-6-9(8)16/h1,8-9,14,16H,2-6H2. The van der Waals surface area contributed by atoms with Crippen LogP contribution < -0.4 is 5.32 Å². The maximum absolute atomic E-state index is 12.4. The van der Waals surface area contributed by atoms with Crippen molar-refractivity contribution in [1.82, 2.24) is 10.2 Å². The lowest BCUT2D eigenvalue weighted by molar-refractivity contribution is -0.0966.